The van der Waals surface area contributed by atoms with E-state index in [4.69, 9.17) is 15.1 Å². The largest absolute Gasteiger partial charge is 0.484 e. The number of carbonyl (C=O) groups excluding carboxylic acids is 1. The molecule has 0 aliphatic carbocycles. The van der Waals surface area contributed by atoms with E-state index in [0.717, 1.165) is 0 Å². The first-order chi connectivity index (χ1) is 9.25. The fourth-order valence-corrected chi connectivity index (χ4v) is 2.80. The second kappa shape index (κ2) is 6.36. The topological polar surface area (TPSA) is 122 Å². The van der Waals surface area contributed by atoms with Crippen molar-refractivity contribution in [2.75, 3.05) is 13.2 Å². The molecule has 0 saturated carbocycles. The van der Waals surface area contributed by atoms with Crippen LogP contribution in [0.15, 0.2) is 17.0 Å². The molecule has 1 rings (SSSR count). The minimum absolute atomic E-state index is 0.0544. The molecule has 108 valence electrons. The predicted molar refractivity (Wildman–Crippen MR) is 71.4 cm³/mol. The van der Waals surface area contributed by atoms with E-state index in [1.54, 1.807) is 19.9 Å². The van der Waals surface area contributed by atoms with Gasteiger partial charge < -0.3 is 10.1 Å². The van der Waals surface area contributed by atoms with Crippen molar-refractivity contribution >= 4 is 15.9 Å². The maximum absolute atomic E-state index is 11.4. The van der Waals surface area contributed by atoms with Crippen LogP contribution in [0.1, 0.15) is 11.1 Å². The molecule has 0 aromatic heterocycles. The van der Waals surface area contributed by atoms with E-state index in [0.29, 0.717) is 16.9 Å². The molecule has 0 spiro atoms. The zero-order valence-corrected chi connectivity index (χ0v) is 12.0. The van der Waals surface area contributed by atoms with Gasteiger partial charge in [0.15, 0.2) is 6.61 Å². The van der Waals surface area contributed by atoms with Gasteiger partial charge in [-0.1, -0.05) is 0 Å². The molecule has 3 N–H and O–H groups in total. The maximum Gasteiger partial charge on any atom is 0.258 e. The number of carbonyl (C=O) groups is 1. The molecule has 0 fully saturated rings. The molecule has 0 heterocycles. The minimum Gasteiger partial charge on any atom is -0.484 e. The van der Waals surface area contributed by atoms with Gasteiger partial charge in [-0.05, 0) is 37.1 Å². The molecule has 0 aliphatic rings. The smallest absolute Gasteiger partial charge is 0.258 e. The Labute approximate surface area is 117 Å². The highest BCUT2D eigenvalue weighted by Crippen LogP contribution is 2.24. The molecule has 1 amide bonds. The first-order valence-electron chi connectivity index (χ1n) is 5.66. The number of amides is 1. The lowest BCUT2D eigenvalue weighted by Gasteiger charge is -2.11. The molecule has 1 aromatic carbocycles. The van der Waals surface area contributed by atoms with Gasteiger partial charge in [-0.3, -0.25) is 4.79 Å². The number of nitriles is 1. The number of benzene rings is 1. The first-order valence-corrected chi connectivity index (χ1v) is 7.21. The van der Waals surface area contributed by atoms with E-state index in [1.165, 1.54) is 12.1 Å². The second-order valence-corrected chi connectivity index (χ2v) is 5.65. The number of nitrogens with two attached hydrogens (primary N) is 1. The summed E-state index contributed by atoms with van der Waals surface area (Å²) in [6.45, 7) is 2.84. The molecular formula is C12H15N3O4S. The van der Waals surface area contributed by atoms with Crippen LogP contribution in [-0.2, 0) is 14.8 Å². The van der Waals surface area contributed by atoms with Crippen molar-refractivity contribution in [2.45, 2.75) is 18.7 Å². The van der Waals surface area contributed by atoms with Crippen LogP contribution in [0, 0.1) is 25.2 Å². The van der Waals surface area contributed by atoms with Crippen molar-refractivity contribution in [3.8, 4) is 11.8 Å². The average Bonchev–Trinajstić information content (AvgIpc) is 2.31. The number of rotatable bonds is 5. The van der Waals surface area contributed by atoms with Crippen molar-refractivity contribution in [1.29, 1.82) is 5.26 Å². The highest BCUT2D eigenvalue weighted by molar-refractivity contribution is 7.89. The molecule has 1 aromatic rings. The zero-order chi connectivity index (χ0) is 15.3. The average molecular weight is 297 g/mol. The molecule has 20 heavy (non-hydrogen) atoms. The third-order valence-electron chi connectivity index (χ3n) is 2.45. The number of hydrogen-bond donors (Lipinski definition) is 2. The summed E-state index contributed by atoms with van der Waals surface area (Å²) in [5.74, 6) is -0.0723. The van der Waals surface area contributed by atoms with Gasteiger partial charge in [0.05, 0.1) is 11.0 Å². The number of primary sulfonamides is 1. The number of ether oxygens (including phenoxy) is 1. The number of sulfonamides is 1. The normalized spacial score (nSPS) is 10.7. The molecule has 7 nitrogen and oxygen atoms in total. The fourth-order valence-electron chi connectivity index (χ4n) is 1.78. The van der Waals surface area contributed by atoms with E-state index < -0.39 is 15.9 Å². The van der Waals surface area contributed by atoms with Crippen molar-refractivity contribution in [1.82, 2.24) is 5.32 Å². The zero-order valence-electron chi connectivity index (χ0n) is 11.1. The van der Waals surface area contributed by atoms with Gasteiger partial charge in [0, 0.05) is 0 Å². The Morgan fingerprint density at radius 1 is 1.40 bits per heavy atom. The summed E-state index contributed by atoms with van der Waals surface area (Å²) in [4.78, 5) is 11.3. The fraction of sp³-hybridized carbons (Fsp3) is 0.333. The van der Waals surface area contributed by atoms with Gasteiger partial charge in [0.1, 0.15) is 12.3 Å². The third-order valence-corrected chi connectivity index (χ3v) is 3.67. The summed E-state index contributed by atoms with van der Waals surface area (Å²) in [5, 5.41) is 15.8. The monoisotopic (exact) mass is 297 g/mol. The SMILES string of the molecule is Cc1cc(OCC(=O)NCC#N)cc(C)c1S(N)(=O)=O. The van der Waals surface area contributed by atoms with Crippen LogP contribution in [0.5, 0.6) is 5.75 Å². The van der Waals surface area contributed by atoms with Gasteiger partial charge in [0.2, 0.25) is 10.0 Å². The van der Waals surface area contributed by atoms with Gasteiger partial charge in [0.25, 0.3) is 5.91 Å². The Bertz CT molecular complexity index is 639. The lowest BCUT2D eigenvalue weighted by molar-refractivity contribution is -0.122. The number of nitrogens with zero attached hydrogens (tertiary/aromatic N) is 1. The lowest BCUT2D eigenvalue weighted by Crippen LogP contribution is -2.29. The van der Waals surface area contributed by atoms with Crippen molar-refractivity contribution in [2.24, 2.45) is 5.14 Å². The Hall–Kier alpha value is -2.11. The number of hydrogen-bond acceptors (Lipinski definition) is 5. The minimum atomic E-state index is -3.80. The maximum atomic E-state index is 11.4. The van der Waals surface area contributed by atoms with Crippen LogP contribution in [0.4, 0.5) is 0 Å². The molecule has 0 bridgehead atoms. The molecule has 8 heteroatoms. The van der Waals surface area contributed by atoms with Crippen molar-refractivity contribution in [3.63, 3.8) is 0 Å². The van der Waals surface area contributed by atoms with E-state index in [9.17, 15) is 13.2 Å². The number of aryl methyl sites for hydroxylation is 2. The van der Waals surface area contributed by atoms with Crippen LogP contribution in [0.2, 0.25) is 0 Å². The summed E-state index contributed by atoms with van der Waals surface area (Å²) in [7, 11) is -3.80. The molecule has 0 aliphatic heterocycles. The van der Waals surface area contributed by atoms with E-state index >= 15 is 0 Å². The first kappa shape index (κ1) is 15.9. The van der Waals surface area contributed by atoms with Gasteiger partial charge in [-0.15, -0.1) is 0 Å². The molecule has 0 atom stereocenters. The molecule has 0 saturated heterocycles. The lowest BCUT2D eigenvalue weighted by atomic mass is 10.1. The van der Waals surface area contributed by atoms with E-state index in [-0.39, 0.29) is 18.0 Å². The van der Waals surface area contributed by atoms with Gasteiger partial charge in [-0.2, -0.15) is 5.26 Å². The third kappa shape index (κ3) is 4.22. The molecule has 0 radical (unpaired) electrons. The Morgan fingerprint density at radius 3 is 2.40 bits per heavy atom. The van der Waals surface area contributed by atoms with Crippen LogP contribution < -0.4 is 15.2 Å². The summed E-state index contributed by atoms with van der Waals surface area (Å²) >= 11 is 0. The summed E-state index contributed by atoms with van der Waals surface area (Å²) in [5.41, 5.74) is 0.889. The summed E-state index contributed by atoms with van der Waals surface area (Å²) < 4.78 is 28.1. The van der Waals surface area contributed by atoms with Crippen LogP contribution in [0.25, 0.3) is 0 Å². The standard InChI is InChI=1S/C12H15N3O4S/c1-8-5-10(19-7-11(16)15-4-3-13)6-9(2)12(8)20(14,17)18/h5-6H,4,7H2,1-2H3,(H,15,16)(H2,14,17,18). The molecule has 0 unspecified atom stereocenters. The molecular weight excluding hydrogens is 282 g/mol. The van der Waals surface area contributed by atoms with Crippen molar-refractivity contribution < 1.29 is 17.9 Å². The summed E-state index contributed by atoms with van der Waals surface area (Å²) in [6.07, 6.45) is 0. The Morgan fingerprint density at radius 2 is 1.95 bits per heavy atom. The van der Waals surface area contributed by atoms with E-state index in [2.05, 4.69) is 5.32 Å². The van der Waals surface area contributed by atoms with Gasteiger partial charge in [-0.25, -0.2) is 13.6 Å². The van der Waals surface area contributed by atoms with Crippen molar-refractivity contribution in [3.05, 3.63) is 23.3 Å². The predicted octanol–water partition coefficient (Wildman–Crippen LogP) is -0.0306. The second-order valence-electron chi connectivity index (χ2n) is 4.15. The highest BCUT2D eigenvalue weighted by Gasteiger charge is 2.16. The van der Waals surface area contributed by atoms with Gasteiger partial charge >= 0.3 is 0 Å². The highest BCUT2D eigenvalue weighted by atomic mass is 32.2. The van der Waals surface area contributed by atoms with E-state index in [1.807, 2.05) is 0 Å². The van der Waals surface area contributed by atoms with Crippen LogP contribution in [-0.4, -0.2) is 27.5 Å². The van der Waals surface area contributed by atoms with Crippen LogP contribution in [0.3, 0.4) is 0 Å². The Kier molecular flexibility index (Phi) is 5.07. The quantitative estimate of drug-likeness (QED) is 0.739. The van der Waals surface area contributed by atoms with Crippen LogP contribution >= 0.6 is 0 Å². The number of nitrogens with one attached hydrogen (secondary N) is 1. The Balaban J connectivity index is 2.86. The summed E-state index contributed by atoms with van der Waals surface area (Å²) in [6, 6.07) is 4.75.